The monoisotopic (exact) mass is 217 g/mol. The molecule has 0 fully saturated rings. The lowest BCUT2D eigenvalue weighted by molar-refractivity contribution is -0.671. The van der Waals surface area contributed by atoms with Crippen molar-refractivity contribution in [1.82, 2.24) is 4.57 Å². The third-order valence-corrected chi connectivity index (χ3v) is 2.43. The van der Waals surface area contributed by atoms with Gasteiger partial charge in [-0.25, -0.2) is 9.13 Å². The fraction of sp³-hybridized carbons (Fsp3) is 0.308. The lowest BCUT2D eigenvalue weighted by Crippen LogP contribution is -2.24. The Morgan fingerprint density at radius 1 is 1.25 bits per heavy atom. The molecular weight excluding hydrogens is 200 g/mol. The van der Waals surface area contributed by atoms with Gasteiger partial charge in [-0.2, -0.15) is 0 Å². The first kappa shape index (κ1) is 10.9. The quantitative estimate of drug-likeness (QED) is 0.548. The maximum atomic E-state index is 5.60. The highest BCUT2D eigenvalue weighted by Crippen LogP contribution is 2.00. The first-order valence-electron chi connectivity index (χ1n) is 5.47. The summed E-state index contributed by atoms with van der Waals surface area (Å²) in [6, 6.07) is 10.2. The van der Waals surface area contributed by atoms with Gasteiger partial charge in [0, 0.05) is 0 Å². The largest absolute Gasteiger partial charge is 0.373 e. The predicted molar refractivity (Wildman–Crippen MR) is 61.7 cm³/mol. The van der Waals surface area contributed by atoms with Gasteiger partial charge in [-0.1, -0.05) is 30.3 Å². The Bertz CT molecular complexity index is 423. The van der Waals surface area contributed by atoms with Gasteiger partial charge in [0.15, 0.2) is 0 Å². The second-order valence-corrected chi connectivity index (χ2v) is 3.86. The molecule has 0 aliphatic carbocycles. The second kappa shape index (κ2) is 5.47. The normalized spacial score (nSPS) is 10.6. The van der Waals surface area contributed by atoms with Gasteiger partial charge < -0.3 is 4.74 Å². The summed E-state index contributed by atoms with van der Waals surface area (Å²) >= 11 is 0. The van der Waals surface area contributed by atoms with Crippen LogP contribution >= 0.6 is 0 Å². The van der Waals surface area contributed by atoms with Gasteiger partial charge in [-0.05, 0) is 5.56 Å². The van der Waals surface area contributed by atoms with E-state index in [1.54, 1.807) is 0 Å². The average molecular weight is 217 g/mol. The summed E-state index contributed by atoms with van der Waals surface area (Å²) in [7, 11) is 2.02. The molecule has 3 nitrogen and oxygen atoms in total. The van der Waals surface area contributed by atoms with Crippen molar-refractivity contribution in [2.45, 2.75) is 13.2 Å². The van der Waals surface area contributed by atoms with Crippen molar-refractivity contribution < 1.29 is 9.30 Å². The van der Waals surface area contributed by atoms with E-state index < -0.39 is 0 Å². The van der Waals surface area contributed by atoms with Crippen molar-refractivity contribution in [3.8, 4) is 0 Å². The van der Waals surface area contributed by atoms with E-state index in [4.69, 9.17) is 4.74 Å². The molecule has 0 unspecified atom stereocenters. The molecule has 0 spiro atoms. The molecule has 0 N–H and O–H groups in total. The zero-order valence-corrected chi connectivity index (χ0v) is 9.54. The topological polar surface area (TPSA) is 18.0 Å². The van der Waals surface area contributed by atoms with Crippen molar-refractivity contribution >= 4 is 0 Å². The molecule has 0 bridgehead atoms. The molecule has 1 aromatic heterocycles. The molecule has 1 heterocycles. The molecule has 1 aromatic carbocycles. The van der Waals surface area contributed by atoms with Crippen molar-refractivity contribution in [3.05, 3.63) is 54.6 Å². The lowest BCUT2D eigenvalue weighted by atomic mass is 10.2. The number of nitrogens with zero attached hydrogens (tertiary/aromatic N) is 2. The summed E-state index contributed by atoms with van der Waals surface area (Å²) in [4.78, 5) is 0. The summed E-state index contributed by atoms with van der Waals surface area (Å²) < 4.78 is 9.74. The Morgan fingerprint density at radius 3 is 2.75 bits per heavy atom. The van der Waals surface area contributed by atoms with E-state index in [2.05, 4.69) is 16.7 Å². The third-order valence-electron chi connectivity index (χ3n) is 2.43. The van der Waals surface area contributed by atoms with Crippen LogP contribution in [0.2, 0.25) is 0 Å². The van der Waals surface area contributed by atoms with Gasteiger partial charge >= 0.3 is 0 Å². The van der Waals surface area contributed by atoms with Gasteiger partial charge in [0.25, 0.3) is 0 Å². The smallest absolute Gasteiger partial charge is 0.243 e. The van der Waals surface area contributed by atoms with Crippen LogP contribution in [-0.4, -0.2) is 11.2 Å². The van der Waals surface area contributed by atoms with Crippen LogP contribution in [0.4, 0.5) is 0 Å². The molecule has 0 saturated heterocycles. The van der Waals surface area contributed by atoms with Gasteiger partial charge in [0.2, 0.25) is 6.33 Å². The number of rotatable bonds is 5. The number of aryl methyl sites for hydroxylation is 1. The minimum absolute atomic E-state index is 0.689. The average Bonchev–Trinajstić information content (AvgIpc) is 2.72. The summed E-state index contributed by atoms with van der Waals surface area (Å²) in [6.07, 6.45) is 6.12. The van der Waals surface area contributed by atoms with E-state index in [-0.39, 0.29) is 0 Å². The van der Waals surface area contributed by atoms with Crippen molar-refractivity contribution in [2.75, 3.05) is 6.61 Å². The Labute approximate surface area is 95.9 Å². The Morgan fingerprint density at radius 2 is 2.06 bits per heavy atom. The van der Waals surface area contributed by atoms with Crippen LogP contribution in [0.5, 0.6) is 0 Å². The number of aromatic nitrogens is 2. The Kier molecular flexibility index (Phi) is 3.72. The molecule has 0 aliphatic heterocycles. The number of benzene rings is 1. The number of ether oxygens (including phenoxy) is 1. The molecular formula is C13H17N2O+. The molecule has 0 saturated carbocycles. The summed E-state index contributed by atoms with van der Waals surface area (Å²) in [5.41, 5.74) is 1.22. The van der Waals surface area contributed by atoms with Gasteiger partial charge in [0.1, 0.15) is 18.9 Å². The molecule has 2 aromatic rings. The fourth-order valence-electron chi connectivity index (χ4n) is 1.57. The highest BCUT2D eigenvalue weighted by Gasteiger charge is 1.99. The van der Waals surface area contributed by atoms with Crippen LogP contribution in [-0.2, 0) is 24.9 Å². The molecule has 0 aliphatic rings. The first-order chi connectivity index (χ1) is 7.84. The number of imidazole rings is 1. The van der Waals surface area contributed by atoms with Crippen molar-refractivity contribution in [3.63, 3.8) is 0 Å². The van der Waals surface area contributed by atoms with Gasteiger partial charge in [-0.3, -0.25) is 0 Å². The Hall–Kier alpha value is -1.61. The van der Waals surface area contributed by atoms with Crippen LogP contribution < -0.4 is 4.57 Å². The second-order valence-electron chi connectivity index (χ2n) is 3.86. The number of hydrogen-bond acceptors (Lipinski definition) is 1. The van der Waals surface area contributed by atoms with Crippen molar-refractivity contribution in [2.24, 2.45) is 7.05 Å². The van der Waals surface area contributed by atoms with Crippen LogP contribution in [0.15, 0.2) is 49.1 Å². The zero-order chi connectivity index (χ0) is 11.2. The van der Waals surface area contributed by atoms with Crippen LogP contribution in [0, 0.1) is 0 Å². The molecule has 0 radical (unpaired) electrons. The zero-order valence-electron chi connectivity index (χ0n) is 9.54. The van der Waals surface area contributed by atoms with Crippen molar-refractivity contribution in [1.29, 1.82) is 0 Å². The van der Waals surface area contributed by atoms with E-state index in [1.807, 2.05) is 48.5 Å². The number of hydrogen-bond donors (Lipinski definition) is 0. The first-order valence-corrected chi connectivity index (χ1v) is 5.47. The fourth-order valence-corrected chi connectivity index (χ4v) is 1.57. The SMILES string of the molecule is C[n+]1ccn(CCOCc2ccccc2)c1. The van der Waals surface area contributed by atoms with Crippen LogP contribution in [0.1, 0.15) is 5.56 Å². The highest BCUT2D eigenvalue weighted by molar-refractivity contribution is 5.13. The standard InChI is InChI=1S/C13H17N2O/c1-14-7-8-15(12-14)9-10-16-11-13-5-3-2-4-6-13/h2-8,12H,9-11H2,1H3/q+1. The third kappa shape index (κ3) is 3.21. The maximum absolute atomic E-state index is 5.60. The molecule has 2 rings (SSSR count). The molecule has 0 atom stereocenters. The molecule has 3 heteroatoms. The molecule has 84 valence electrons. The predicted octanol–water partition coefficient (Wildman–Crippen LogP) is 1.53. The van der Waals surface area contributed by atoms with Gasteiger partial charge in [-0.15, -0.1) is 0 Å². The molecule has 16 heavy (non-hydrogen) atoms. The summed E-state index contributed by atoms with van der Waals surface area (Å²) in [5, 5.41) is 0. The summed E-state index contributed by atoms with van der Waals surface area (Å²) in [5.74, 6) is 0. The Balaban J connectivity index is 1.69. The maximum Gasteiger partial charge on any atom is 0.243 e. The van der Waals surface area contributed by atoms with E-state index in [1.165, 1.54) is 5.56 Å². The minimum Gasteiger partial charge on any atom is -0.373 e. The highest BCUT2D eigenvalue weighted by atomic mass is 16.5. The van der Waals surface area contributed by atoms with Gasteiger partial charge in [0.05, 0.1) is 20.3 Å². The lowest BCUT2D eigenvalue weighted by Gasteiger charge is -2.02. The van der Waals surface area contributed by atoms with E-state index in [0.29, 0.717) is 6.61 Å². The minimum atomic E-state index is 0.689. The van der Waals surface area contributed by atoms with E-state index >= 15 is 0 Å². The summed E-state index contributed by atoms with van der Waals surface area (Å²) in [6.45, 7) is 2.32. The van der Waals surface area contributed by atoms with Crippen LogP contribution in [0.25, 0.3) is 0 Å². The molecule has 0 amide bonds. The van der Waals surface area contributed by atoms with E-state index in [0.717, 1.165) is 13.2 Å². The van der Waals surface area contributed by atoms with E-state index in [9.17, 15) is 0 Å². The van der Waals surface area contributed by atoms with Crippen LogP contribution in [0.3, 0.4) is 0 Å².